The van der Waals surface area contributed by atoms with Gasteiger partial charge in [0.15, 0.2) is 11.4 Å². The van der Waals surface area contributed by atoms with E-state index in [0.717, 1.165) is 18.4 Å². The lowest BCUT2D eigenvalue weighted by molar-refractivity contribution is 0.0459. The number of nitrogens with zero attached hydrogens (tertiary/aromatic N) is 2. The monoisotopic (exact) mass is 272 g/mol. The maximum absolute atomic E-state index is 12.0. The molecule has 1 saturated carbocycles. The van der Waals surface area contributed by atoms with Gasteiger partial charge in [-0.1, -0.05) is 30.3 Å². The molecule has 20 heavy (non-hydrogen) atoms. The molecule has 104 valence electrons. The van der Waals surface area contributed by atoms with E-state index in [0.29, 0.717) is 5.82 Å². The molecule has 1 aliphatic carbocycles. The Kier molecular flexibility index (Phi) is 3.14. The Hall–Kier alpha value is -2.37. The van der Waals surface area contributed by atoms with Gasteiger partial charge in [-0.2, -0.15) is 5.10 Å². The standard InChI is InChI=1S/C14H16N4O2/c1-14(12-15-9-16-18-12,10-5-3-2-4-6-10)20-13(19)17-11-7-8-11/h2-6,9,11H,7-8H2,1H3,(H,17,19)(H,15,16,18). The van der Waals surface area contributed by atoms with Crippen LogP contribution < -0.4 is 5.32 Å². The number of nitrogens with one attached hydrogen (secondary N) is 2. The number of hydrogen-bond donors (Lipinski definition) is 2. The number of carbonyl (C=O) groups is 1. The molecular formula is C14H16N4O2. The summed E-state index contributed by atoms with van der Waals surface area (Å²) in [6.45, 7) is 1.80. The third-order valence-corrected chi connectivity index (χ3v) is 3.39. The van der Waals surface area contributed by atoms with Crippen molar-refractivity contribution >= 4 is 6.09 Å². The molecule has 6 heteroatoms. The summed E-state index contributed by atoms with van der Waals surface area (Å²) in [5.41, 5.74) is -0.154. The molecular weight excluding hydrogens is 256 g/mol. The minimum Gasteiger partial charge on any atom is -0.430 e. The normalized spacial score (nSPS) is 17.2. The summed E-state index contributed by atoms with van der Waals surface area (Å²) >= 11 is 0. The van der Waals surface area contributed by atoms with Crippen LogP contribution >= 0.6 is 0 Å². The van der Waals surface area contributed by atoms with Gasteiger partial charge < -0.3 is 10.1 Å². The van der Waals surface area contributed by atoms with Crippen molar-refractivity contribution in [3.05, 3.63) is 48.0 Å². The van der Waals surface area contributed by atoms with Gasteiger partial charge in [0.25, 0.3) is 0 Å². The molecule has 1 unspecified atom stereocenters. The van der Waals surface area contributed by atoms with E-state index in [1.807, 2.05) is 30.3 Å². The number of carbonyl (C=O) groups excluding carboxylic acids is 1. The van der Waals surface area contributed by atoms with Crippen LogP contribution in [-0.2, 0) is 10.3 Å². The highest BCUT2D eigenvalue weighted by Crippen LogP contribution is 2.31. The van der Waals surface area contributed by atoms with Gasteiger partial charge >= 0.3 is 6.09 Å². The molecule has 2 aromatic rings. The molecule has 0 bridgehead atoms. The van der Waals surface area contributed by atoms with Gasteiger partial charge in [0.2, 0.25) is 0 Å². The van der Waals surface area contributed by atoms with Gasteiger partial charge in [-0.25, -0.2) is 9.78 Å². The summed E-state index contributed by atoms with van der Waals surface area (Å²) in [4.78, 5) is 16.1. The zero-order valence-corrected chi connectivity index (χ0v) is 11.2. The first kappa shape index (κ1) is 12.7. The Balaban J connectivity index is 1.89. The van der Waals surface area contributed by atoms with Crippen LogP contribution in [0.2, 0.25) is 0 Å². The molecule has 3 rings (SSSR count). The van der Waals surface area contributed by atoms with Crippen molar-refractivity contribution in [3.8, 4) is 0 Å². The third-order valence-electron chi connectivity index (χ3n) is 3.39. The summed E-state index contributed by atoms with van der Waals surface area (Å²) < 4.78 is 5.64. The highest BCUT2D eigenvalue weighted by atomic mass is 16.6. The Morgan fingerprint density at radius 1 is 1.40 bits per heavy atom. The summed E-state index contributed by atoms with van der Waals surface area (Å²) in [5.74, 6) is 0.495. The lowest BCUT2D eigenvalue weighted by Crippen LogP contribution is -2.37. The Morgan fingerprint density at radius 3 is 2.75 bits per heavy atom. The molecule has 0 radical (unpaired) electrons. The number of aromatic nitrogens is 3. The number of ether oxygens (including phenoxy) is 1. The Bertz CT molecular complexity index is 580. The summed E-state index contributed by atoms with van der Waals surface area (Å²) in [7, 11) is 0. The molecule has 6 nitrogen and oxygen atoms in total. The van der Waals surface area contributed by atoms with E-state index < -0.39 is 11.7 Å². The second-order valence-electron chi connectivity index (χ2n) is 5.04. The van der Waals surface area contributed by atoms with Crippen LogP contribution in [0.4, 0.5) is 4.79 Å². The van der Waals surface area contributed by atoms with E-state index in [1.54, 1.807) is 6.92 Å². The first-order valence-corrected chi connectivity index (χ1v) is 6.59. The molecule has 0 saturated heterocycles. The van der Waals surface area contributed by atoms with Crippen molar-refractivity contribution in [2.75, 3.05) is 0 Å². The topological polar surface area (TPSA) is 79.9 Å². The highest BCUT2D eigenvalue weighted by Gasteiger charge is 2.37. The summed E-state index contributed by atoms with van der Waals surface area (Å²) in [5, 5.41) is 9.45. The van der Waals surface area contributed by atoms with Crippen LogP contribution in [0.5, 0.6) is 0 Å². The van der Waals surface area contributed by atoms with Crippen LogP contribution in [0.25, 0.3) is 0 Å². The smallest absolute Gasteiger partial charge is 0.408 e. The van der Waals surface area contributed by atoms with Crippen molar-refractivity contribution in [1.82, 2.24) is 20.5 Å². The van der Waals surface area contributed by atoms with Crippen molar-refractivity contribution in [2.45, 2.75) is 31.4 Å². The molecule has 1 aliphatic rings. The molecule has 2 N–H and O–H groups in total. The lowest BCUT2D eigenvalue weighted by Gasteiger charge is -2.27. The van der Waals surface area contributed by atoms with Gasteiger partial charge in [-0.05, 0) is 19.8 Å². The first-order chi connectivity index (χ1) is 9.68. The van der Waals surface area contributed by atoms with E-state index >= 15 is 0 Å². The quantitative estimate of drug-likeness (QED) is 0.891. The average Bonchev–Trinajstić information content (AvgIpc) is 3.08. The number of hydrogen-bond acceptors (Lipinski definition) is 4. The van der Waals surface area contributed by atoms with Gasteiger partial charge in [0, 0.05) is 11.6 Å². The number of alkyl carbamates (subject to hydrolysis) is 1. The SMILES string of the molecule is CC(OC(=O)NC1CC1)(c1ccccc1)c1ncn[nH]1. The molecule has 0 aliphatic heterocycles. The Labute approximate surface area is 116 Å². The van der Waals surface area contributed by atoms with Gasteiger partial charge in [0.05, 0.1) is 0 Å². The molecule has 1 fully saturated rings. The lowest BCUT2D eigenvalue weighted by atomic mass is 9.95. The Morgan fingerprint density at radius 2 is 2.15 bits per heavy atom. The van der Waals surface area contributed by atoms with Crippen molar-refractivity contribution in [3.63, 3.8) is 0 Å². The zero-order chi connectivity index (χ0) is 14.0. The van der Waals surface area contributed by atoms with Crippen LogP contribution in [0, 0.1) is 0 Å². The molecule has 1 heterocycles. The molecule has 1 aromatic heterocycles. The van der Waals surface area contributed by atoms with E-state index in [1.165, 1.54) is 6.33 Å². The van der Waals surface area contributed by atoms with Crippen LogP contribution in [-0.4, -0.2) is 27.3 Å². The van der Waals surface area contributed by atoms with Crippen molar-refractivity contribution in [2.24, 2.45) is 0 Å². The zero-order valence-electron chi connectivity index (χ0n) is 11.2. The van der Waals surface area contributed by atoms with Crippen LogP contribution in [0.15, 0.2) is 36.7 Å². The maximum atomic E-state index is 12.0. The third kappa shape index (κ3) is 2.49. The largest absolute Gasteiger partial charge is 0.430 e. The minimum atomic E-state index is -0.989. The van der Waals surface area contributed by atoms with Crippen LogP contribution in [0.1, 0.15) is 31.2 Å². The predicted octanol–water partition coefficient (Wildman–Crippen LogP) is 1.96. The van der Waals surface area contributed by atoms with Gasteiger partial charge in [0.1, 0.15) is 6.33 Å². The van der Waals surface area contributed by atoms with Crippen LogP contribution in [0.3, 0.4) is 0 Å². The number of rotatable bonds is 4. The van der Waals surface area contributed by atoms with E-state index in [2.05, 4.69) is 20.5 Å². The fourth-order valence-corrected chi connectivity index (χ4v) is 2.04. The van der Waals surface area contributed by atoms with E-state index in [9.17, 15) is 4.79 Å². The van der Waals surface area contributed by atoms with Gasteiger partial charge in [-0.3, -0.25) is 5.10 Å². The minimum absolute atomic E-state index is 0.247. The van der Waals surface area contributed by atoms with Gasteiger partial charge in [-0.15, -0.1) is 0 Å². The van der Waals surface area contributed by atoms with E-state index in [-0.39, 0.29) is 6.04 Å². The van der Waals surface area contributed by atoms with Crippen molar-refractivity contribution < 1.29 is 9.53 Å². The summed E-state index contributed by atoms with van der Waals surface area (Å²) in [6, 6.07) is 9.74. The average molecular weight is 272 g/mol. The number of aromatic amines is 1. The molecule has 1 amide bonds. The van der Waals surface area contributed by atoms with E-state index in [4.69, 9.17) is 4.74 Å². The second-order valence-corrected chi connectivity index (χ2v) is 5.04. The highest BCUT2D eigenvalue weighted by molar-refractivity contribution is 5.69. The fraction of sp³-hybridized carbons (Fsp3) is 0.357. The molecule has 1 aromatic carbocycles. The molecule has 1 atom stereocenters. The fourth-order valence-electron chi connectivity index (χ4n) is 2.04. The number of benzene rings is 1. The molecule has 0 spiro atoms. The first-order valence-electron chi connectivity index (χ1n) is 6.59. The number of amides is 1. The second kappa shape index (κ2) is 4.96. The summed E-state index contributed by atoms with van der Waals surface area (Å²) in [6.07, 6.45) is 2.99. The number of H-pyrrole nitrogens is 1. The van der Waals surface area contributed by atoms with Crippen molar-refractivity contribution in [1.29, 1.82) is 0 Å². The predicted molar refractivity (Wildman–Crippen MR) is 71.9 cm³/mol. The maximum Gasteiger partial charge on any atom is 0.408 e.